The largest absolute Gasteiger partial charge is 0.366 e. The smallest absolute Gasteiger partial charge is 0.144 e. The SMILES string of the molecule is c1ccc2c(c1)CC[C@@H](Nc1cnccn1)C2. The highest BCUT2D eigenvalue weighted by Gasteiger charge is 2.17. The normalized spacial score (nSPS) is 18.5. The van der Waals surface area contributed by atoms with Gasteiger partial charge >= 0.3 is 0 Å². The van der Waals surface area contributed by atoms with E-state index in [0.717, 1.165) is 25.1 Å². The van der Waals surface area contributed by atoms with Gasteiger partial charge in [0, 0.05) is 18.4 Å². The third kappa shape index (κ3) is 2.28. The van der Waals surface area contributed by atoms with Crippen LogP contribution in [0.5, 0.6) is 0 Å². The number of aryl methyl sites for hydroxylation is 1. The van der Waals surface area contributed by atoms with E-state index in [1.807, 2.05) is 0 Å². The highest BCUT2D eigenvalue weighted by molar-refractivity contribution is 5.36. The molecule has 1 N–H and O–H groups in total. The molecule has 0 saturated carbocycles. The molecule has 3 nitrogen and oxygen atoms in total. The quantitative estimate of drug-likeness (QED) is 0.853. The lowest BCUT2D eigenvalue weighted by molar-refractivity contribution is 0.608. The molecule has 0 saturated heterocycles. The second-order valence-electron chi connectivity index (χ2n) is 4.44. The molecular weight excluding hydrogens is 210 g/mol. The molecule has 0 radical (unpaired) electrons. The Balaban J connectivity index is 1.72. The topological polar surface area (TPSA) is 37.8 Å². The third-order valence-electron chi connectivity index (χ3n) is 3.26. The summed E-state index contributed by atoms with van der Waals surface area (Å²) in [5, 5.41) is 3.45. The van der Waals surface area contributed by atoms with Crippen LogP contribution in [-0.2, 0) is 12.8 Å². The second-order valence-corrected chi connectivity index (χ2v) is 4.44. The van der Waals surface area contributed by atoms with Crippen LogP contribution in [0.1, 0.15) is 17.5 Å². The highest BCUT2D eigenvalue weighted by atomic mass is 15.0. The van der Waals surface area contributed by atoms with Crippen LogP contribution in [0.4, 0.5) is 5.82 Å². The van der Waals surface area contributed by atoms with Crippen molar-refractivity contribution in [2.45, 2.75) is 25.3 Å². The van der Waals surface area contributed by atoms with Gasteiger partial charge in [-0.15, -0.1) is 0 Å². The molecule has 0 unspecified atom stereocenters. The van der Waals surface area contributed by atoms with Gasteiger partial charge in [0.1, 0.15) is 5.82 Å². The summed E-state index contributed by atoms with van der Waals surface area (Å²) in [6.07, 6.45) is 8.58. The van der Waals surface area contributed by atoms with E-state index in [9.17, 15) is 0 Å². The van der Waals surface area contributed by atoms with Crippen molar-refractivity contribution in [2.75, 3.05) is 5.32 Å². The van der Waals surface area contributed by atoms with Crippen molar-refractivity contribution in [3.8, 4) is 0 Å². The van der Waals surface area contributed by atoms with E-state index in [1.165, 1.54) is 11.1 Å². The molecule has 0 bridgehead atoms. The lowest BCUT2D eigenvalue weighted by atomic mass is 9.88. The number of hydrogen-bond acceptors (Lipinski definition) is 3. The van der Waals surface area contributed by atoms with E-state index in [0.29, 0.717) is 6.04 Å². The highest BCUT2D eigenvalue weighted by Crippen LogP contribution is 2.22. The molecule has 3 heteroatoms. The zero-order valence-corrected chi connectivity index (χ0v) is 9.63. The van der Waals surface area contributed by atoms with Crippen LogP contribution in [0.2, 0.25) is 0 Å². The first-order valence-corrected chi connectivity index (χ1v) is 6.01. The maximum absolute atomic E-state index is 4.26. The van der Waals surface area contributed by atoms with Crippen molar-refractivity contribution < 1.29 is 0 Å². The van der Waals surface area contributed by atoms with Crippen molar-refractivity contribution in [2.24, 2.45) is 0 Å². The Hall–Kier alpha value is -1.90. The Morgan fingerprint density at radius 3 is 2.82 bits per heavy atom. The molecule has 1 heterocycles. The van der Waals surface area contributed by atoms with Crippen LogP contribution in [0.25, 0.3) is 0 Å². The fourth-order valence-electron chi connectivity index (χ4n) is 2.40. The summed E-state index contributed by atoms with van der Waals surface area (Å²) in [6.45, 7) is 0. The number of nitrogens with one attached hydrogen (secondary N) is 1. The van der Waals surface area contributed by atoms with Gasteiger partial charge in [-0.1, -0.05) is 24.3 Å². The molecular formula is C14H15N3. The van der Waals surface area contributed by atoms with Gasteiger partial charge < -0.3 is 5.32 Å². The number of aromatic nitrogens is 2. The number of rotatable bonds is 2. The lowest BCUT2D eigenvalue weighted by Gasteiger charge is -2.25. The van der Waals surface area contributed by atoms with E-state index in [-0.39, 0.29) is 0 Å². The summed E-state index contributed by atoms with van der Waals surface area (Å²) in [5.41, 5.74) is 2.95. The Bertz CT molecular complexity index is 496. The summed E-state index contributed by atoms with van der Waals surface area (Å²) < 4.78 is 0. The molecule has 0 aliphatic heterocycles. The van der Waals surface area contributed by atoms with Crippen molar-refractivity contribution in [1.29, 1.82) is 0 Å². The Morgan fingerprint density at radius 1 is 1.12 bits per heavy atom. The predicted octanol–water partition coefficient (Wildman–Crippen LogP) is 2.45. The van der Waals surface area contributed by atoms with Crippen LogP contribution in [0, 0.1) is 0 Å². The van der Waals surface area contributed by atoms with Gasteiger partial charge in [-0.3, -0.25) is 4.98 Å². The van der Waals surface area contributed by atoms with Crippen LogP contribution in [-0.4, -0.2) is 16.0 Å². The van der Waals surface area contributed by atoms with E-state index in [2.05, 4.69) is 39.6 Å². The molecule has 2 aromatic rings. The van der Waals surface area contributed by atoms with Crippen molar-refractivity contribution in [1.82, 2.24) is 9.97 Å². The van der Waals surface area contributed by atoms with Crippen molar-refractivity contribution in [3.63, 3.8) is 0 Å². The minimum Gasteiger partial charge on any atom is -0.366 e. The number of anilines is 1. The minimum absolute atomic E-state index is 0.474. The second kappa shape index (κ2) is 4.53. The zero-order chi connectivity index (χ0) is 11.5. The molecule has 17 heavy (non-hydrogen) atoms. The van der Waals surface area contributed by atoms with Gasteiger partial charge in [-0.2, -0.15) is 0 Å². The molecule has 1 aromatic carbocycles. The van der Waals surface area contributed by atoms with Crippen molar-refractivity contribution in [3.05, 3.63) is 54.0 Å². The summed E-state index contributed by atoms with van der Waals surface area (Å²) in [4.78, 5) is 8.32. The maximum atomic E-state index is 4.26. The Labute approximate surface area is 101 Å². The molecule has 0 spiro atoms. The van der Waals surface area contributed by atoms with Gasteiger partial charge in [0.25, 0.3) is 0 Å². The summed E-state index contributed by atoms with van der Waals surface area (Å²) >= 11 is 0. The van der Waals surface area contributed by atoms with Gasteiger partial charge in [-0.05, 0) is 30.4 Å². The summed E-state index contributed by atoms with van der Waals surface area (Å²) in [5.74, 6) is 0.872. The molecule has 1 atom stereocenters. The summed E-state index contributed by atoms with van der Waals surface area (Å²) in [6, 6.07) is 9.16. The van der Waals surface area contributed by atoms with Gasteiger partial charge in [0.15, 0.2) is 0 Å². The van der Waals surface area contributed by atoms with Crippen molar-refractivity contribution >= 4 is 5.82 Å². The van der Waals surface area contributed by atoms with Gasteiger partial charge in [-0.25, -0.2) is 4.98 Å². The predicted molar refractivity (Wildman–Crippen MR) is 67.9 cm³/mol. The average Bonchev–Trinajstić information content (AvgIpc) is 2.40. The van der Waals surface area contributed by atoms with Crippen LogP contribution < -0.4 is 5.32 Å². The first-order chi connectivity index (χ1) is 8.42. The van der Waals surface area contributed by atoms with E-state index < -0.39 is 0 Å². The average molecular weight is 225 g/mol. The third-order valence-corrected chi connectivity index (χ3v) is 3.26. The van der Waals surface area contributed by atoms with E-state index in [4.69, 9.17) is 0 Å². The summed E-state index contributed by atoms with van der Waals surface area (Å²) in [7, 11) is 0. The first-order valence-electron chi connectivity index (χ1n) is 6.01. The zero-order valence-electron chi connectivity index (χ0n) is 9.63. The molecule has 1 aliphatic carbocycles. The van der Waals surface area contributed by atoms with E-state index >= 15 is 0 Å². The molecule has 3 rings (SSSR count). The molecule has 0 fully saturated rings. The fourth-order valence-corrected chi connectivity index (χ4v) is 2.40. The fraction of sp³-hybridized carbons (Fsp3) is 0.286. The van der Waals surface area contributed by atoms with Gasteiger partial charge in [0.05, 0.1) is 6.20 Å². The number of nitrogens with zero attached hydrogens (tertiary/aromatic N) is 2. The number of hydrogen-bond donors (Lipinski definition) is 1. The molecule has 1 aliphatic rings. The first kappa shape index (κ1) is 10.3. The van der Waals surface area contributed by atoms with Crippen LogP contribution in [0.15, 0.2) is 42.9 Å². The lowest BCUT2D eigenvalue weighted by Crippen LogP contribution is -2.27. The molecule has 86 valence electrons. The number of fused-ring (bicyclic) bond motifs is 1. The molecule has 1 aromatic heterocycles. The Morgan fingerprint density at radius 2 is 2.00 bits per heavy atom. The van der Waals surface area contributed by atoms with Crippen LogP contribution in [0.3, 0.4) is 0 Å². The monoisotopic (exact) mass is 225 g/mol. The standard InChI is InChI=1S/C14H15N3/c1-2-4-12-9-13(6-5-11(12)3-1)17-14-10-15-7-8-16-14/h1-4,7-8,10,13H,5-6,9H2,(H,16,17)/t13-/m1/s1. The minimum atomic E-state index is 0.474. The number of benzene rings is 1. The Kier molecular flexibility index (Phi) is 2.74. The molecule has 0 amide bonds. The maximum Gasteiger partial charge on any atom is 0.144 e. The van der Waals surface area contributed by atoms with E-state index in [1.54, 1.807) is 18.6 Å². The van der Waals surface area contributed by atoms with Gasteiger partial charge in [0.2, 0.25) is 0 Å². The van der Waals surface area contributed by atoms with Crippen LogP contribution >= 0.6 is 0 Å².